The van der Waals surface area contributed by atoms with Crippen LogP contribution in [0.4, 0.5) is 13.2 Å². The van der Waals surface area contributed by atoms with E-state index in [9.17, 15) is 18.0 Å². The van der Waals surface area contributed by atoms with E-state index in [0.717, 1.165) is 0 Å². The molecule has 0 unspecified atom stereocenters. The Morgan fingerprint density at radius 1 is 1.31 bits per heavy atom. The van der Waals surface area contributed by atoms with Gasteiger partial charge in [-0.2, -0.15) is 13.2 Å². The van der Waals surface area contributed by atoms with Gasteiger partial charge in [0.05, 0.1) is 6.61 Å². The van der Waals surface area contributed by atoms with Crippen molar-refractivity contribution in [1.29, 1.82) is 0 Å². The minimum atomic E-state index is -4.87. The number of carbonyl (C=O) groups is 1. The van der Waals surface area contributed by atoms with Gasteiger partial charge >= 0.3 is 12.1 Å². The summed E-state index contributed by atoms with van der Waals surface area (Å²) in [6, 6.07) is 0. The molecule has 0 saturated heterocycles. The van der Waals surface area contributed by atoms with Gasteiger partial charge < -0.3 is 4.74 Å². The lowest BCUT2D eigenvalue weighted by molar-refractivity contribution is -0.200. The molecule has 0 spiro atoms. The first-order chi connectivity index (χ1) is 5.91. The fourth-order valence-electron chi connectivity index (χ4n) is 0.800. The van der Waals surface area contributed by atoms with Gasteiger partial charge in [0, 0.05) is 0 Å². The molecule has 78 valence electrons. The molecule has 0 aliphatic carbocycles. The average molecular weight is 198 g/mol. The molecule has 0 fully saturated rings. The highest BCUT2D eigenvalue weighted by Gasteiger charge is 2.41. The van der Waals surface area contributed by atoms with Crippen LogP contribution in [0.5, 0.6) is 0 Å². The summed E-state index contributed by atoms with van der Waals surface area (Å²) in [6.45, 7) is 3.54. The number of hydrogen-bond acceptors (Lipinski definition) is 2. The predicted molar refractivity (Wildman–Crippen MR) is 41.1 cm³/mol. The number of hydrogen-bond donors (Lipinski definition) is 0. The van der Waals surface area contributed by atoms with Crippen molar-refractivity contribution in [3.05, 3.63) is 0 Å². The van der Waals surface area contributed by atoms with E-state index in [0.29, 0.717) is 12.8 Å². The Morgan fingerprint density at radius 3 is 2.08 bits per heavy atom. The molecule has 0 aromatic heterocycles. The maximum absolute atomic E-state index is 11.6. The molecule has 0 aromatic rings. The minimum Gasteiger partial charge on any atom is -0.459 e. The molecule has 5 heteroatoms. The molecule has 0 heterocycles. The lowest BCUT2D eigenvalue weighted by Crippen LogP contribution is -2.27. The molecule has 0 saturated carbocycles. The van der Waals surface area contributed by atoms with Crippen LogP contribution in [0.1, 0.15) is 26.7 Å². The Balaban J connectivity index is 3.82. The number of esters is 1. The molecule has 0 aliphatic heterocycles. The van der Waals surface area contributed by atoms with Gasteiger partial charge in [0.25, 0.3) is 0 Å². The average Bonchev–Trinajstić information content (AvgIpc) is 2.04. The van der Waals surface area contributed by atoms with Crippen LogP contribution in [0.3, 0.4) is 0 Å². The van der Waals surface area contributed by atoms with Crippen LogP contribution in [-0.2, 0) is 9.53 Å². The van der Waals surface area contributed by atoms with Crippen LogP contribution in [0, 0.1) is 5.92 Å². The summed E-state index contributed by atoms with van der Waals surface area (Å²) >= 11 is 0. The Morgan fingerprint density at radius 2 is 1.77 bits per heavy atom. The van der Waals surface area contributed by atoms with E-state index >= 15 is 0 Å². The standard InChI is InChI=1S/C8H13F3O2/c1-3-6(4-2)5-13-7(12)8(9,10)11/h6H,3-5H2,1-2H3. The Bertz CT molecular complexity index is 161. The van der Waals surface area contributed by atoms with E-state index in [-0.39, 0.29) is 12.5 Å². The van der Waals surface area contributed by atoms with Gasteiger partial charge in [-0.25, -0.2) is 4.79 Å². The quantitative estimate of drug-likeness (QED) is 0.649. The summed E-state index contributed by atoms with van der Waals surface area (Å²) in [7, 11) is 0. The van der Waals surface area contributed by atoms with Gasteiger partial charge in [-0.05, 0) is 5.92 Å². The highest BCUT2D eigenvalue weighted by atomic mass is 19.4. The van der Waals surface area contributed by atoms with Crippen molar-refractivity contribution >= 4 is 5.97 Å². The summed E-state index contributed by atoms with van der Waals surface area (Å²) in [5, 5.41) is 0. The van der Waals surface area contributed by atoms with Crippen LogP contribution in [0.2, 0.25) is 0 Å². The predicted octanol–water partition coefficient (Wildman–Crippen LogP) is 2.53. The summed E-state index contributed by atoms with van der Waals surface area (Å²) < 4.78 is 39.0. The van der Waals surface area contributed by atoms with E-state index in [2.05, 4.69) is 4.74 Å². The van der Waals surface area contributed by atoms with Crippen LogP contribution in [-0.4, -0.2) is 18.8 Å². The van der Waals surface area contributed by atoms with Crippen LogP contribution < -0.4 is 0 Å². The van der Waals surface area contributed by atoms with E-state index in [4.69, 9.17) is 0 Å². The summed E-state index contributed by atoms with van der Waals surface area (Å²) in [4.78, 5) is 10.3. The van der Waals surface area contributed by atoms with Crippen molar-refractivity contribution in [1.82, 2.24) is 0 Å². The molecular formula is C8H13F3O2. The number of halogens is 3. The second kappa shape index (κ2) is 5.09. The van der Waals surface area contributed by atoms with Gasteiger partial charge in [-0.3, -0.25) is 0 Å². The molecular weight excluding hydrogens is 185 g/mol. The van der Waals surface area contributed by atoms with E-state index < -0.39 is 12.1 Å². The molecule has 0 amide bonds. The monoisotopic (exact) mass is 198 g/mol. The lowest BCUT2D eigenvalue weighted by Gasteiger charge is -2.13. The van der Waals surface area contributed by atoms with Crippen LogP contribution in [0.15, 0.2) is 0 Å². The first kappa shape index (κ1) is 12.3. The zero-order valence-corrected chi connectivity index (χ0v) is 7.65. The zero-order valence-electron chi connectivity index (χ0n) is 7.65. The number of ether oxygens (including phenoxy) is 1. The van der Waals surface area contributed by atoms with Crippen molar-refractivity contribution in [2.24, 2.45) is 5.92 Å². The maximum Gasteiger partial charge on any atom is 0.490 e. The van der Waals surface area contributed by atoms with Gasteiger partial charge in [0.2, 0.25) is 0 Å². The number of rotatable bonds is 4. The summed E-state index contributed by atoms with van der Waals surface area (Å²) in [5.74, 6) is -2.08. The third-order valence-electron chi connectivity index (χ3n) is 1.84. The molecule has 13 heavy (non-hydrogen) atoms. The maximum atomic E-state index is 11.6. The minimum absolute atomic E-state index is 0.0197. The van der Waals surface area contributed by atoms with Crippen LogP contribution in [0.25, 0.3) is 0 Å². The second-order valence-electron chi connectivity index (χ2n) is 2.78. The molecule has 0 atom stereocenters. The molecule has 2 nitrogen and oxygen atoms in total. The van der Waals surface area contributed by atoms with E-state index in [1.54, 1.807) is 0 Å². The number of alkyl halides is 3. The fourth-order valence-corrected chi connectivity index (χ4v) is 0.800. The lowest BCUT2D eigenvalue weighted by atomic mass is 10.1. The van der Waals surface area contributed by atoms with Crippen molar-refractivity contribution in [3.8, 4) is 0 Å². The Hall–Kier alpha value is -0.740. The van der Waals surface area contributed by atoms with E-state index in [1.165, 1.54) is 0 Å². The SMILES string of the molecule is CCC(CC)COC(=O)C(F)(F)F. The molecule has 0 radical (unpaired) electrons. The molecule has 0 rings (SSSR count). The topological polar surface area (TPSA) is 26.3 Å². The third-order valence-corrected chi connectivity index (χ3v) is 1.84. The first-order valence-electron chi connectivity index (χ1n) is 4.15. The van der Waals surface area contributed by atoms with Crippen molar-refractivity contribution < 1.29 is 22.7 Å². The van der Waals surface area contributed by atoms with Crippen LogP contribution >= 0.6 is 0 Å². The van der Waals surface area contributed by atoms with E-state index in [1.807, 2.05) is 13.8 Å². The summed E-state index contributed by atoms with van der Waals surface area (Å²) in [6.07, 6.45) is -3.45. The van der Waals surface area contributed by atoms with Gasteiger partial charge in [0.15, 0.2) is 0 Å². The smallest absolute Gasteiger partial charge is 0.459 e. The Kier molecular flexibility index (Phi) is 4.80. The normalized spacial score (nSPS) is 11.8. The van der Waals surface area contributed by atoms with Crippen molar-refractivity contribution in [3.63, 3.8) is 0 Å². The van der Waals surface area contributed by atoms with Gasteiger partial charge in [-0.1, -0.05) is 26.7 Å². The second-order valence-corrected chi connectivity index (χ2v) is 2.78. The fraction of sp³-hybridized carbons (Fsp3) is 0.875. The molecule has 0 aliphatic rings. The highest BCUT2D eigenvalue weighted by Crippen LogP contribution is 2.18. The third kappa shape index (κ3) is 4.75. The zero-order chi connectivity index (χ0) is 10.5. The molecule has 0 aromatic carbocycles. The molecule has 0 N–H and O–H groups in total. The van der Waals surface area contributed by atoms with Crippen molar-refractivity contribution in [2.75, 3.05) is 6.61 Å². The largest absolute Gasteiger partial charge is 0.490 e. The Labute approximate surface area is 75.1 Å². The number of carbonyl (C=O) groups excluding carboxylic acids is 1. The first-order valence-corrected chi connectivity index (χ1v) is 4.15. The van der Waals surface area contributed by atoms with Gasteiger partial charge in [-0.15, -0.1) is 0 Å². The van der Waals surface area contributed by atoms with Crippen molar-refractivity contribution in [2.45, 2.75) is 32.9 Å². The summed E-state index contributed by atoms with van der Waals surface area (Å²) in [5.41, 5.74) is 0. The highest BCUT2D eigenvalue weighted by molar-refractivity contribution is 5.75. The van der Waals surface area contributed by atoms with Gasteiger partial charge in [0.1, 0.15) is 0 Å². The molecule has 0 bridgehead atoms.